The average molecular weight is 355 g/mol. The highest BCUT2D eigenvalue weighted by Crippen LogP contribution is 2.18. The summed E-state index contributed by atoms with van der Waals surface area (Å²) in [6, 6.07) is 13.9. The SMILES string of the molecule is Cc1cc(C)cc(Nc2n[nH]c(NCc3ccc([S+](C)[O-])cc3)n2)c1. The summed E-state index contributed by atoms with van der Waals surface area (Å²) < 4.78 is 11.4. The third kappa shape index (κ3) is 4.74. The number of aromatic amines is 1. The Morgan fingerprint density at radius 3 is 2.40 bits per heavy atom. The Morgan fingerprint density at radius 2 is 1.76 bits per heavy atom. The van der Waals surface area contributed by atoms with E-state index in [2.05, 4.69) is 57.9 Å². The van der Waals surface area contributed by atoms with E-state index in [0.29, 0.717) is 18.4 Å². The summed E-state index contributed by atoms with van der Waals surface area (Å²) in [5.74, 6) is 1.11. The van der Waals surface area contributed by atoms with E-state index in [1.807, 2.05) is 24.3 Å². The number of aryl methyl sites for hydroxylation is 2. The quantitative estimate of drug-likeness (QED) is 0.589. The zero-order valence-corrected chi connectivity index (χ0v) is 15.3. The lowest BCUT2D eigenvalue weighted by atomic mass is 10.1. The maximum atomic E-state index is 11.4. The number of rotatable bonds is 6. The van der Waals surface area contributed by atoms with Crippen LogP contribution in [0.4, 0.5) is 17.6 Å². The maximum Gasteiger partial charge on any atom is 0.248 e. The summed E-state index contributed by atoms with van der Waals surface area (Å²) in [4.78, 5) is 5.21. The molecule has 0 radical (unpaired) electrons. The van der Waals surface area contributed by atoms with Crippen molar-refractivity contribution in [2.75, 3.05) is 16.9 Å². The summed E-state index contributed by atoms with van der Waals surface area (Å²) in [5.41, 5.74) is 4.42. The molecule has 2 aromatic carbocycles. The fraction of sp³-hybridized carbons (Fsp3) is 0.222. The van der Waals surface area contributed by atoms with Gasteiger partial charge in [0.25, 0.3) is 0 Å². The van der Waals surface area contributed by atoms with Crippen molar-refractivity contribution < 1.29 is 4.55 Å². The second kappa shape index (κ2) is 7.58. The van der Waals surface area contributed by atoms with Gasteiger partial charge in [0, 0.05) is 12.2 Å². The Labute approximate surface area is 150 Å². The first-order valence-electron chi connectivity index (χ1n) is 7.93. The van der Waals surface area contributed by atoms with Crippen molar-refractivity contribution in [2.24, 2.45) is 0 Å². The lowest BCUT2D eigenvalue weighted by Gasteiger charge is -2.06. The molecule has 130 valence electrons. The van der Waals surface area contributed by atoms with E-state index in [1.54, 1.807) is 6.26 Å². The molecule has 1 atom stereocenters. The molecule has 0 saturated heterocycles. The van der Waals surface area contributed by atoms with Crippen molar-refractivity contribution >= 4 is 28.8 Å². The third-order valence-electron chi connectivity index (χ3n) is 3.68. The van der Waals surface area contributed by atoms with Gasteiger partial charge < -0.3 is 15.2 Å². The fourth-order valence-electron chi connectivity index (χ4n) is 2.56. The van der Waals surface area contributed by atoms with E-state index in [-0.39, 0.29) is 0 Å². The summed E-state index contributed by atoms with van der Waals surface area (Å²) in [7, 11) is 0. The van der Waals surface area contributed by atoms with Crippen molar-refractivity contribution in [1.29, 1.82) is 0 Å². The number of nitrogens with zero attached hydrogens (tertiary/aromatic N) is 2. The number of hydrogen-bond acceptors (Lipinski definition) is 5. The molecule has 3 N–H and O–H groups in total. The van der Waals surface area contributed by atoms with Gasteiger partial charge in [0.15, 0.2) is 4.90 Å². The monoisotopic (exact) mass is 355 g/mol. The molecular formula is C18H21N5OS. The van der Waals surface area contributed by atoms with Gasteiger partial charge >= 0.3 is 0 Å². The maximum absolute atomic E-state index is 11.4. The van der Waals surface area contributed by atoms with E-state index in [0.717, 1.165) is 16.1 Å². The number of anilines is 3. The Bertz CT molecular complexity index is 825. The van der Waals surface area contributed by atoms with Crippen LogP contribution in [0.25, 0.3) is 0 Å². The number of H-pyrrole nitrogens is 1. The van der Waals surface area contributed by atoms with Crippen LogP contribution in [-0.2, 0) is 17.7 Å². The predicted octanol–water partition coefficient (Wildman–Crippen LogP) is 3.51. The van der Waals surface area contributed by atoms with Gasteiger partial charge in [-0.2, -0.15) is 4.98 Å². The van der Waals surface area contributed by atoms with Crippen LogP contribution >= 0.6 is 0 Å². The molecule has 3 rings (SSSR count). The summed E-state index contributed by atoms with van der Waals surface area (Å²) in [5, 5.41) is 13.4. The molecule has 7 heteroatoms. The predicted molar refractivity (Wildman–Crippen MR) is 102 cm³/mol. The van der Waals surface area contributed by atoms with E-state index in [9.17, 15) is 4.55 Å². The molecule has 1 heterocycles. The summed E-state index contributed by atoms with van der Waals surface area (Å²) in [6.07, 6.45) is 1.67. The highest BCUT2D eigenvalue weighted by atomic mass is 32.2. The van der Waals surface area contributed by atoms with E-state index < -0.39 is 11.2 Å². The Kier molecular flexibility index (Phi) is 5.25. The van der Waals surface area contributed by atoms with Crippen LogP contribution in [0.2, 0.25) is 0 Å². The van der Waals surface area contributed by atoms with Crippen LogP contribution in [0, 0.1) is 13.8 Å². The molecule has 0 aliphatic rings. The van der Waals surface area contributed by atoms with Gasteiger partial charge in [-0.3, -0.25) is 0 Å². The molecule has 0 fully saturated rings. The second-order valence-electron chi connectivity index (χ2n) is 5.96. The third-order valence-corrected chi connectivity index (χ3v) is 4.61. The molecule has 0 aliphatic heterocycles. The van der Waals surface area contributed by atoms with E-state index in [1.165, 1.54) is 11.1 Å². The standard InChI is InChI=1S/C18H21N5OS/c1-12-8-13(2)10-15(9-12)20-18-21-17(22-23-18)19-11-14-4-6-16(7-5-14)25(3)24/h4-10H,11H2,1-3H3,(H3,19,20,21,22,23). The molecule has 1 unspecified atom stereocenters. The van der Waals surface area contributed by atoms with Crippen LogP contribution in [0.15, 0.2) is 47.4 Å². The minimum Gasteiger partial charge on any atom is -0.612 e. The second-order valence-corrected chi connectivity index (χ2v) is 7.34. The molecule has 0 amide bonds. The number of nitrogens with one attached hydrogen (secondary N) is 3. The molecule has 3 aromatic rings. The van der Waals surface area contributed by atoms with Crippen LogP contribution in [-0.4, -0.2) is 26.0 Å². The van der Waals surface area contributed by atoms with Crippen molar-refractivity contribution in [3.63, 3.8) is 0 Å². The largest absolute Gasteiger partial charge is 0.612 e. The van der Waals surface area contributed by atoms with Gasteiger partial charge in [-0.1, -0.05) is 18.2 Å². The normalized spacial score (nSPS) is 12.0. The van der Waals surface area contributed by atoms with Gasteiger partial charge in [0.05, 0.1) is 0 Å². The lowest BCUT2D eigenvalue weighted by Crippen LogP contribution is -2.02. The summed E-state index contributed by atoms with van der Waals surface area (Å²) in [6.45, 7) is 4.72. The van der Waals surface area contributed by atoms with Crippen molar-refractivity contribution in [3.05, 3.63) is 59.2 Å². The zero-order valence-electron chi connectivity index (χ0n) is 14.5. The number of aromatic nitrogens is 3. The lowest BCUT2D eigenvalue weighted by molar-refractivity contribution is 0.601. The molecule has 0 bridgehead atoms. The highest BCUT2D eigenvalue weighted by Gasteiger charge is 2.06. The smallest absolute Gasteiger partial charge is 0.248 e. The van der Waals surface area contributed by atoms with Gasteiger partial charge in [-0.25, -0.2) is 5.10 Å². The Hall–Kier alpha value is -2.51. The average Bonchev–Trinajstić information content (AvgIpc) is 2.99. The van der Waals surface area contributed by atoms with Crippen molar-refractivity contribution in [1.82, 2.24) is 15.2 Å². The Balaban J connectivity index is 1.59. The molecule has 6 nitrogen and oxygen atoms in total. The van der Waals surface area contributed by atoms with Gasteiger partial charge in [0.2, 0.25) is 11.9 Å². The Morgan fingerprint density at radius 1 is 1.08 bits per heavy atom. The molecule has 0 saturated carbocycles. The molecule has 0 aliphatic carbocycles. The van der Waals surface area contributed by atoms with Gasteiger partial charge in [0.1, 0.15) is 6.26 Å². The zero-order chi connectivity index (χ0) is 17.8. The molecule has 0 spiro atoms. The van der Waals surface area contributed by atoms with Crippen LogP contribution < -0.4 is 10.6 Å². The van der Waals surface area contributed by atoms with Crippen molar-refractivity contribution in [3.8, 4) is 0 Å². The first-order chi connectivity index (χ1) is 12.0. The van der Waals surface area contributed by atoms with Crippen molar-refractivity contribution in [2.45, 2.75) is 25.3 Å². The number of hydrogen-bond donors (Lipinski definition) is 3. The number of benzene rings is 2. The topological polar surface area (TPSA) is 88.7 Å². The first-order valence-corrected chi connectivity index (χ1v) is 9.49. The molecule has 25 heavy (non-hydrogen) atoms. The fourth-order valence-corrected chi connectivity index (χ4v) is 3.08. The van der Waals surface area contributed by atoms with Gasteiger partial charge in [-0.15, -0.1) is 5.10 Å². The van der Waals surface area contributed by atoms with E-state index in [4.69, 9.17) is 0 Å². The summed E-state index contributed by atoms with van der Waals surface area (Å²) >= 11 is -0.954. The highest BCUT2D eigenvalue weighted by molar-refractivity contribution is 7.90. The van der Waals surface area contributed by atoms with E-state index >= 15 is 0 Å². The minimum atomic E-state index is -0.954. The van der Waals surface area contributed by atoms with Crippen LogP contribution in [0.5, 0.6) is 0 Å². The van der Waals surface area contributed by atoms with Gasteiger partial charge in [-0.05, 0) is 66.0 Å². The first kappa shape index (κ1) is 17.3. The van der Waals surface area contributed by atoms with Crippen LogP contribution in [0.1, 0.15) is 16.7 Å². The minimum absolute atomic E-state index is 0.518. The molecule has 1 aromatic heterocycles. The van der Waals surface area contributed by atoms with Crippen LogP contribution in [0.3, 0.4) is 0 Å². The molecular weight excluding hydrogens is 334 g/mol.